The number of aryl methyl sites for hydroxylation is 1. The Morgan fingerprint density at radius 1 is 1.56 bits per heavy atom. The summed E-state index contributed by atoms with van der Waals surface area (Å²) in [5.41, 5.74) is 2.39. The van der Waals surface area contributed by atoms with Gasteiger partial charge < -0.3 is 10.4 Å². The Balaban J connectivity index is 2.60. The van der Waals surface area contributed by atoms with Gasteiger partial charge in [-0.3, -0.25) is 4.79 Å². The zero-order chi connectivity index (χ0) is 12.0. The maximum Gasteiger partial charge on any atom is 0.303 e. The number of hydrogen-bond acceptors (Lipinski definition) is 3. The Bertz CT molecular complexity index is 422. The smallest absolute Gasteiger partial charge is 0.303 e. The van der Waals surface area contributed by atoms with Crippen LogP contribution in [0.3, 0.4) is 0 Å². The summed E-state index contributed by atoms with van der Waals surface area (Å²) in [7, 11) is 0. The zero-order valence-corrected chi connectivity index (χ0v) is 9.16. The van der Waals surface area contributed by atoms with Gasteiger partial charge in [-0.1, -0.05) is 12.1 Å². The Labute approximate surface area is 94.5 Å². The van der Waals surface area contributed by atoms with Crippen molar-refractivity contribution in [2.75, 3.05) is 11.9 Å². The average molecular weight is 218 g/mol. The van der Waals surface area contributed by atoms with Gasteiger partial charge >= 0.3 is 5.97 Å². The number of nitriles is 1. The van der Waals surface area contributed by atoms with Gasteiger partial charge in [0.2, 0.25) is 0 Å². The maximum atomic E-state index is 10.3. The second-order valence-electron chi connectivity index (χ2n) is 3.53. The van der Waals surface area contributed by atoms with Gasteiger partial charge in [0, 0.05) is 13.0 Å². The van der Waals surface area contributed by atoms with E-state index < -0.39 is 5.97 Å². The molecule has 0 bridgehead atoms. The summed E-state index contributed by atoms with van der Waals surface area (Å²) < 4.78 is 0. The number of aliphatic carboxylic acids is 1. The molecule has 0 heterocycles. The van der Waals surface area contributed by atoms with E-state index >= 15 is 0 Å². The van der Waals surface area contributed by atoms with E-state index in [2.05, 4.69) is 11.4 Å². The van der Waals surface area contributed by atoms with Crippen LogP contribution in [0.1, 0.15) is 24.0 Å². The Morgan fingerprint density at radius 2 is 2.31 bits per heavy atom. The van der Waals surface area contributed by atoms with Crippen molar-refractivity contribution in [3.8, 4) is 6.07 Å². The van der Waals surface area contributed by atoms with Crippen LogP contribution in [0, 0.1) is 18.3 Å². The van der Waals surface area contributed by atoms with Crippen LogP contribution in [0.5, 0.6) is 0 Å². The van der Waals surface area contributed by atoms with E-state index in [1.807, 2.05) is 19.1 Å². The quantitative estimate of drug-likeness (QED) is 0.742. The van der Waals surface area contributed by atoms with Crippen molar-refractivity contribution in [2.45, 2.75) is 19.8 Å². The number of para-hydroxylation sites is 1. The first-order chi connectivity index (χ1) is 7.65. The third-order valence-corrected chi connectivity index (χ3v) is 2.26. The van der Waals surface area contributed by atoms with E-state index in [-0.39, 0.29) is 6.42 Å². The molecule has 1 aromatic carbocycles. The third kappa shape index (κ3) is 3.28. The fourth-order valence-corrected chi connectivity index (χ4v) is 1.45. The minimum Gasteiger partial charge on any atom is -0.481 e. The van der Waals surface area contributed by atoms with Gasteiger partial charge in [-0.2, -0.15) is 5.26 Å². The molecule has 0 spiro atoms. The van der Waals surface area contributed by atoms with Crippen molar-refractivity contribution in [3.63, 3.8) is 0 Å². The molecule has 84 valence electrons. The highest BCUT2D eigenvalue weighted by molar-refractivity contribution is 5.67. The largest absolute Gasteiger partial charge is 0.481 e. The van der Waals surface area contributed by atoms with Crippen LogP contribution in [0.25, 0.3) is 0 Å². The molecule has 0 aromatic heterocycles. The summed E-state index contributed by atoms with van der Waals surface area (Å²) >= 11 is 0. The standard InChI is InChI=1S/C12H14N2O2/c1-9-4-2-5-10(8-13)12(9)14-7-3-6-11(15)16/h2,4-5,14H,3,6-7H2,1H3,(H,15,16). The lowest BCUT2D eigenvalue weighted by Crippen LogP contribution is -2.07. The van der Waals surface area contributed by atoms with Crippen LogP contribution in [0.2, 0.25) is 0 Å². The number of anilines is 1. The Morgan fingerprint density at radius 3 is 2.94 bits per heavy atom. The van der Waals surface area contributed by atoms with E-state index in [9.17, 15) is 4.79 Å². The topological polar surface area (TPSA) is 73.1 Å². The molecule has 16 heavy (non-hydrogen) atoms. The molecule has 4 heteroatoms. The summed E-state index contributed by atoms with van der Waals surface area (Å²) in [6, 6.07) is 7.60. The van der Waals surface area contributed by atoms with Crippen molar-refractivity contribution in [1.29, 1.82) is 5.26 Å². The van der Waals surface area contributed by atoms with E-state index in [1.54, 1.807) is 6.07 Å². The predicted octanol–water partition coefficient (Wildman–Crippen LogP) is 2.14. The van der Waals surface area contributed by atoms with Gasteiger partial charge in [0.15, 0.2) is 0 Å². The highest BCUT2D eigenvalue weighted by Crippen LogP contribution is 2.19. The molecule has 1 aromatic rings. The summed E-state index contributed by atoms with van der Waals surface area (Å²) in [5.74, 6) is -0.799. The molecule has 0 aliphatic heterocycles. The summed E-state index contributed by atoms with van der Waals surface area (Å²) in [5, 5.41) is 20.5. The van der Waals surface area contributed by atoms with Crippen LogP contribution in [-0.2, 0) is 4.79 Å². The molecule has 0 amide bonds. The van der Waals surface area contributed by atoms with Crippen LogP contribution in [-0.4, -0.2) is 17.6 Å². The van der Waals surface area contributed by atoms with Crippen LogP contribution >= 0.6 is 0 Å². The number of benzene rings is 1. The van der Waals surface area contributed by atoms with Crippen LogP contribution in [0.15, 0.2) is 18.2 Å². The average Bonchev–Trinajstić information content (AvgIpc) is 2.25. The highest BCUT2D eigenvalue weighted by Gasteiger charge is 2.04. The molecule has 1 rings (SSSR count). The first-order valence-corrected chi connectivity index (χ1v) is 5.10. The molecule has 2 N–H and O–H groups in total. The number of carboxylic acids is 1. The lowest BCUT2D eigenvalue weighted by Gasteiger charge is -2.10. The van der Waals surface area contributed by atoms with Crippen molar-refractivity contribution < 1.29 is 9.90 Å². The molecule has 0 aliphatic rings. The molecule has 0 fully saturated rings. The number of rotatable bonds is 5. The predicted molar refractivity (Wildman–Crippen MR) is 61.3 cm³/mol. The van der Waals surface area contributed by atoms with E-state index in [0.29, 0.717) is 18.5 Å². The van der Waals surface area contributed by atoms with Crippen molar-refractivity contribution in [3.05, 3.63) is 29.3 Å². The van der Waals surface area contributed by atoms with Crippen molar-refractivity contribution >= 4 is 11.7 Å². The van der Waals surface area contributed by atoms with Gasteiger partial charge in [-0.05, 0) is 25.0 Å². The van der Waals surface area contributed by atoms with Crippen molar-refractivity contribution in [2.24, 2.45) is 0 Å². The van der Waals surface area contributed by atoms with Crippen LogP contribution in [0.4, 0.5) is 5.69 Å². The summed E-state index contributed by atoms with van der Waals surface area (Å²) in [4.78, 5) is 10.3. The fraction of sp³-hybridized carbons (Fsp3) is 0.333. The SMILES string of the molecule is Cc1cccc(C#N)c1NCCCC(=O)O. The number of nitrogens with zero attached hydrogens (tertiary/aromatic N) is 1. The monoisotopic (exact) mass is 218 g/mol. The molecule has 4 nitrogen and oxygen atoms in total. The van der Waals surface area contributed by atoms with Crippen molar-refractivity contribution in [1.82, 2.24) is 0 Å². The Kier molecular flexibility index (Phi) is 4.34. The normalized spacial score (nSPS) is 9.50. The minimum absolute atomic E-state index is 0.140. The third-order valence-electron chi connectivity index (χ3n) is 2.26. The lowest BCUT2D eigenvalue weighted by molar-refractivity contribution is -0.137. The summed E-state index contributed by atoms with van der Waals surface area (Å²) in [6.45, 7) is 2.48. The first-order valence-electron chi connectivity index (χ1n) is 5.10. The minimum atomic E-state index is -0.799. The molecular formula is C12H14N2O2. The molecule has 0 saturated carbocycles. The number of carboxylic acid groups (broad SMARTS) is 1. The van der Waals surface area contributed by atoms with Gasteiger partial charge in [-0.15, -0.1) is 0 Å². The second kappa shape index (κ2) is 5.76. The molecule has 0 saturated heterocycles. The number of hydrogen-bond donors (Lipinski definition) is 2. The van der Waals surface area contributed by atoms with E-state index in [1.165, 1.54) is 0 Å². The zero-order valence-electron chi connectivity index (χ0n) is 9.16. The van der Waals surface area contributed by atoms with Gasteiger partial charge in [0.1, 0.15) is 6.07 Å². The number of carbonyl (C=O) groups is 1. The first kappa shape index (κ1) is 12.1. The van der Waals surface area contributed by atoms with Gasteiger partial charge in [-0.25, -0.2) is 0 Å². The second-order valence-corrected chi connectivity index (χ2v) is 3.53. The van der Waals surface area contributed by atoms with E-state index in [4.69, 9.17) is 10.4 Å². The summed E-state index contributed by atoms with van der Waals surface area (Å²) in [6.07, 6.45) is 0.690. The number of nitrogens with one attached hydrogen (secondary N) is 1. The highest BCUT2D eigenvalue weighted by atomic mass is 16.4. The van der Waals surface area contributed by atoms with Gasteiger partial charge in [0.25, 0.3) is 0 Å². The fourth-order valence-electron chi connectivity index (χ4n) is 1.45. The maximum absolute atomic E-state index is 10.3. The molecule has 0 aliphatic carbocycles. The lowest BCUT2D eigenvalue weighted by atomic mass is 10.1. The van der Waals surface area contributed by atoms with Crippen LogP contribution < -0.4 is 5.32 Å². The van der Waals surface area contributed by atoms with Gasteiger partial charge in [0.05, 0.1) is 11.3 Å². The molecular weight excluding hydrogens is 204 g/mol. The van der Waals surface area contributed by atoms with E-state index in [0.717, 1.165) is 11.3 Å². The molecule has 0 atom stereocenters. The molecule has 0 unspecified atom stereocenters. The molecule has 0 radical (unpaired) electrons. The Hall–Kier alpha value is -2.02.